The molecule has 4 nitrogen and oxygen atoms in total. The van der Waals surface area contributed by atoms with Gasteiger partial charge in [-0.3, -0.25) is 4.68 Å². The molecule has 0 amide bonds. The van der Waals surface area contributed by atoms with Crippen molar-refractivity contribution in [3.05, 3.63) is 45.7 Å². The van der Waals surface area contributed by atoms with Crippen molar-refractivity contribution in [3.63, 3.8) is 0 Å². The van der Waals surface area contributed by atoms with Crippen LogP contribution in [0.5, 0.6) is 0 Å². The molecule has 1 aromatic carbocycles. The number of aromatic nitrogens is 2. The van der Waals surface area contributed by atoms with E-state index in [-0.39, 0.29) is 0 Å². The molecule has 6 heteroatoms. The molecular weight excluding hydrogens is 360 g/mol. The average molecular weight is 381 g/mol. The van der Waals surface area contributed by atoms with Crippen molar-refractivity contribution in [2.75, 3.05) is 5.32 Å². The maximum atomic E-state index is 5.32. The number of aryl methyl sites for hydroxylation is 1. The molecule has 0 aliphatic heterocycles. The van der Waals surface area contributed by atoms with E-state index in [1.54, 1.807) is 0 Å². The van der Waals surface area contributed by atoms with Crippen molar-refractivity contribution in [2.45, 2.75) is 40.3 Å². The van der Waals surface area contributed by atoms with Gasteiger partial charge in [0.1, 0.15) is 0 Å². The molecule has 2 aromatic rings. The summed E-state index contributed by atoms with van der Waals surface area (Å²) in [6.07, 6.45) is 0. The minimum atomic E-state index is 0.304. The Bertz CT molecular complexity index is 662. The normalized spacial score (nSPS) is 10.8. The van der Waals surface area contributed by atoms with Crippen LogP contribution in [-0.2, 0) is 6.54 Å². The first-order valence-electron chi connectivity index (χ1n) is 7.22. The first-order chi connectivity index (χ1) is 10.4. The van der Waals surface area contributed by atoms with Gasteiger partial charge in [0.25, 0.3) is 0 Å². The van der Waals surface area contributed by atoms with Crippen molar-refractivity contribution >= 4 is 38.9 Å². The Morgan fingerprint density at radius 3 is 2.50 bits per heavy atom. The van der Waals surface area contributed by atoms with Crippen LogP contribution in [0.4, 0.5) is 5.69 Å². The van der Waals surface area contributed by atoms with E-state index < -0.39 is 0 Å². The number of nitrogens with zero attached hydrogens (tertiary/aromatic N) is 2. The Morgan fingerprint density at radius 2 is 1.91 bits per heavy atom. The van der Waals surface area contributed by atoms with Gasteiger partial charge < -0.3 is 10.6 Å². The van der Waals surface area contributed by atoms with Crippen LogP contribution in [0.3, 0.4) is 0 Å². The maximum Gasteiger partial charge on any atom is 0.171 e. The third-order valence-electron chi connectivity index (χ3n) is 3.29. The number of hydrogen-bond acceptors (Lipinski definition) is 2. The molecule has 0 aliphatic rings. The molecule has 118 valence electrons. The molecule has 0 fully saturated rings. The number of nitrogens with one attached hydrogen (secondary N) is 2. The zero-order chi connectivity index (χ0) is 16.3. The minimum absolute atomic E-state index is 0.304. The van der Waals surface area contributed by atoms with Crippen LogP contribution in [-0.4, -0.2) is 20.9 Å². The summed E-state index contributed by atoms with van der Waals surface area (Å²) in [6.45, 7) is 8.91. The number of rotatable bonds is 4. The van der Waals surface area contributed by atoms with E-state index in [1.165, 1.54) is 5.56 Å². The Kier molecular flexibility index (Phi) is 5.58. The molecule has 2 rings (SSSR count). The van der Waals surface area contributed by atoms with E-state index in [0.29, 0.717) is 11.2 Å². The number of thiocarbonyl (C=S) groups is 1. The van der Waals surface area contributed by atoms with E-state index in [1.807, 2.05) is 23.7 Å². The van der Waals surface area contributed by atoms with Crippen LogP contribution in [0.2, 0.25) is 0 Å². The fourth-order valence-corrected chi connectivity index (χ4v) is 2.81. The third-order valence-corrected chi connectivity index (χ3v) is 4.03. The monoisotopic (exact) mass is 380 g/mol. The molecule has 0 saturated heterocycles. The van der Waals surface area contributed by atoms with Gasteiger partial charge in [-0.1, -0.05) is 28.1 Å². The lowest BCUT2D eigenvalue weighted by Crippen LogP contribution is -2.34. The molecule has 0 radical (unpaired) electrons. The lowest BCUT2D eigenvalue weighted by molar-refractivity contribution is 0.659. The Balaban J connectivity index is 2.16. The van der Waals surface area contributed by atoms with E-state index in [9.17, 15) is 0 Å². The molecule has 0 bridgehead atoms. The summed E-state index contributed by atoms with van der Waals surface area (Å²) >= 11 is 8.77. The molecule has 1 heterocycles. The van der Waals surface area contributed by atoms with E-state index in [2.05, 4.69) is 64.6 Å². The molecule has 0 spiro atoms. The summed E-state index contributed by atoms with van der Waals surface area (Å²) in [4.78, 5) is 0. The van der Waals surface area contributed by atoms with E-state index >= 15 is 0 Å². The lowest BCUT2D eigenvalue weighted by Gasteiger charge is -2.13. The third kappa shape index (κ3) is 4.30. The van der Waals surface area contributed by atoms with Gasteiger partial charge in [0.05, 0.1) is 23.6 Å². The van der Waals surface area contributed by atoms with Gasteiger partial charge in [0.15, 0.2) is 5.11 Å². The standard InChI is InChI=1S/C16H21BrN4S/c1-10(2)18-16(22)19-15-11(3)20-21(12(15)4)9-13-5-7-14(17)8-6-13/h5-8,10H,9H2,1-4H3,(H2,18,19,22). The highest BCUT2D eigenvalue weighted by Gasteiger charge is 2.13. The van der Waals surface area contributed by atoms with Crippen molar-refractivity contribution in [3.8, 4) is 0 Å². The van der Waals surface area contributed by atoms with Gasteiger partial charge in [0.2, 0.25) is 0 Å². The first kappa shape index (κ1) is 17.0. The van der Waals surface area contributed by atoms with Gasteiger partial charge in [-0.15, -0.1) is 0 Å². The van der Waals surface area contributed by atoms with Gasteiger partial charge in [-0.05, 0) is 57.6 Å². The molecule has 22 heavy (non-hydrogen) atoms. The van der Waals surface area contributed by atoms with Crippen molar-refractivity contribution in [2.24, 2.45) is 0 Å². The van der Waals surface area contributed by atoms with Crippen molar-refractivity contribution < 1.29 is 0 Å². The number of hydrogen-bond donors (Lipinski definition) is 2. The SMILES string of the molecule is Cc1nn(Cc2ccc(Br)cc2)c(C)c1NC(=S)NC(C)C. The summed E-state index contributed by atoms with van der Waals surface area (Å²) in [5, 5.41) is 11.7. The topological polar surface area (TPSA) is 41.9 Å². The molecule has 2 N–H and O–H groups in total. The average Bonchev–Trinajstić information content (AvgIpc) is 2.68. The molecule has 0 saturated carbocycles. The summed E-state index contributed by atoms with van der Waals surface area (Å²) in [7, 11) is 0. The fourth-order valence-electron chi connectivity index (χ4n) is 2.21. The van der Waals surface area contributed by atoms with Crippen molar-refractivity contribution in [1.82, 2.24) is 15.1 Å². The van der Waals surface area contributed by atoms with Gasteiger partial charge in [-0.25, -0.2) is 0 Å². The van der Waals surface area contributed by atoms with E-state index in [0.717, 1.165) is 28.1 Å². The van der Waals surface area contributed by atoms with Crippen molar-refractivity contribution in [1.29, 1.82) is 0 Å². The highest BCUT2D eigenvalue weighted by molar-refractivity contribution is 9.10. The van der Waals surface area contributed by atoms with Gasteiger partial charge in [-0.2, -0.15) is 5.10 Å². The van der Waals surface area contributed by atoms with Crippen LogP contribution in [0.1, 0.15) is 30.8 Å². The smallest absolute Gasteiger partial charge is 0.171 e. The Hall–Kier alpha value is -1.40. The summed E-state index contributed by atoms with van der Waals surface area (Å²) in [5.41, 5.74) is 4.22. The summed E-state index contributed by atoms with van der Waals surface area (Å²) < 4.78 is 3.08. The Morgan fingerprint density at radius 1 is 1.27 bits per heavy atom. The molecule has 0 atom stereocenters. The summed E-state index contributed by atoms with van der Waals surface area (Å²) in [6, 6.07) is 8.58. The highest BCUT2D eigenvalue weighted by Crippen LogP contribution is 2.21. The number of benzene rings is 1. The van der Waals surface area contributed by atoms with E-state index in [4.69, 9.17) is 12.2 Å². The molecule has 1 aromatic heterocycles. The van der Waals surface area contributed by atoms with Gasteiger partial charge >= 0.3 is 0 Å². The quantitative estimate of drug-likeness (QED) is 0.786. The molecule has 0 aliphatic carbocycles. The minimum Gasteiger partial charge on any atom is -0.360 e. The predicted octanol–water partition coefficient (Wildman–Crippen LogP) is 4.01. The molecular formula is C16H21BrN4S. The Labute approximate surface area is 145 Å². The zero-order valence-corrected chi connectivity index (χ0v) is 15.7. The number of halogens is 1. The second-order valence-electron chi connectivity index (χ2n) is 5.58. The fraction of sp³-hybridized carbons (Fsp3) is 0.375. The van der Waals surface area contributed by atoms with Crippen LogP contribution in [0.15, 0.2) is 28.7 Å². The largest absolute Gasteiger partial charge is 0.360 e. The van der Waals surface area contributed by atoms with Gasteiger partial charge in [0, 0.05) is 10.5 Å². The van der Waals surface area contributed by atoms with Crippen LogP contribution < -0.4 is 10.6 Å². The zero-order valence-electron chi connectivity index (χ0n) is 13.3. The number of anilines is 1. The highest BCUT2D eigenvalue weighted by atomic mass is 79.9. The van der Waals surface area contributed by atoms with Crippen LogP contribution in [0, 0.1) is 13.8 Å². The molecule has 0 unspecified atom stereocenters. The van der Waals surface area contributed by atoms with Crippen LogP contribution in [0.25, 0.3) is 0 Å². The lowest BCUT2D eigenvalue weighted by atomic mass is 10.2. The maximum absolute atomic E-state index is 5.32. The first-order valence-corrected chi connectivity index (χ1v) is 8.43. The second kappa shape index (κ2) is 7.24. The predicted molar refractivity (Wildman–Crippen MR) is 99.4 cm³/mol. The summed E-state index contributed by atoms with van der Waals surface area (Å²) in [5.74, 6) is 0. The second-order valence-corrected chi connectivity index (χ2v) is 6.91. The van der Waals surface area contributed by atoms with Crippen LogP contribution >= 0.6 is 28.1 Å².